The molecule has 3 aromatic rings. The molecule has 172 valence electrons. The molecule has 0 saturated heterocycles. The van der Waals surface area contributed by atoms with Crippen LogP contribution in [-0.2, 0) is 12.8 Å². The predicted octanol–water partition coefficient (Wildman–Crippen LogP) is 7.31. The first-order valence-electron chi connectivity index (χ1n) is 10.9. The average Bonchev–Trinajstić information content (AvgIpc) is 3.12. The minimum absolute atomic E-state index is 0.0476. The molecule has 33 heavy (non-hydrogen) atoms. The van der Waals surface area contributed by atoms with Crippen LogP contribution in [0.1, 0.15) is 58.3 Å². The Morgan fingerprint density at radius 3 is 2.42 bits per heavy atom. The van der Waals surface area contributed by atoms with E-state index in [-0.39, 0.29) is 16.9 Å². The smallest absolute Gasteiger partial charge is 0.259 e. The number of anilines is 2. The van der Waals surface area contributed by atoms with E-state index in [4.69, 9.17) is 0 Å². The number of fused-ring (bicyclic) bond motifs is 1. The number of para-hydroxylation sites is 1. The normalized spacial score (nSPS) is 15.6. The van der Waals surface area contributed by atoms with Crippen LogP contribution in [0.4, 0.5) is 15.1 Å². The third kappa shape index (κ3) is 5.04. The summed E-state index contributed by atoms with van der Waals surface area (Å²) in [5, 5.41) is 6.26. The Balaban J connectivity index is 1.71. The Bertz CT molecular complexity index is 1220. The molecule has 1 aliphatic rings. The molecule has 1 unspecified atom stereocenters. The summed E-state index contributed by atoms with van der Waals surface area (Å²) in [7, 11) is 0. The van der Waals surface area contributed by atoms with Gasteiger partial charge in [0.2, 0.25) is 0 Å². The summed E-state index contributed by atoms with van der Waals surface area (Å²) in [4.78, 5) is 27.4. The molecule has 2 amide bonds. The van der Waals surface area contributed by atoms with Gasteiger partial charge >= 0.3 is 0 Å². The van der Waals surface area contributed by atoms with E-state index in [2.05, 4.69) is 47.3 Å². The van der Waals surface area contributed by atoms with Gasteiger partial charge in [0.25, 0.3) is 11.8 Å². The fourth-order valence-electron chi connectivity index (χ4n) is 4.22. The maximum atomic E-state index is 14.2. The molecule has 0 saturated carbocycles. The number of carbonyl (C=O) groups excluding carboxylic acids is 2. The Morgan fingerprint density at radius 2 is 1.73 bits per heavy atom. The number of nitrogens with one attached hydrogen (secondary N) is 2. The fourth-order valence-corrected chi connectivity index (χ4v) is 5.92. The molecular formula is C26H26BrFN2O2S. The maximum Gasteiger partial charge on any atom is 0.259 e. The van der Waals surface area contributed by atoms with E-state index in [0.717, 1.165) is 34.2 Å². The van der Waals surface area contributed by atoms with Crippen LogP contribution < -0.4 is 10.6 Å². The summed E-state index contributed by atoms with van der Waals surface area (Å²) >= 11 is 4.89. The highest BCUT2D eigenvalue weighted by Crippen LogP contribution is 2.44. The van der Waals surface area contributed by atoms with E-state index >= 15 is 0 Å². The molecule has 2 aromatic carbocycles. The molecule has 2 N–H and O–H groups in total. The van der Waals surface area contributed by atoms with Gasteiger partial charge in [0.05, 0.1) is 16.8 Å². The Labute approximate surface area is 205 Å². The number of carbonyl (C=O) groups is 2. The number of hydrogen-bond acceptors (Lipinski definition) is 3. The minimum atomic E-state index is -0.594. The molecule has 0 spiro atoms. The summed E-state index contributed by atoms with van der Waals surface area (Å²) < 4.78 is 15.0. The molecule has 1 atom stereocenters. The first kappa shape index (κ1) is 23.6. The molecule has 0 bridgehead atoms. The van der Waals surface area contributed by atoms with E-state index in [1.807, 2.05) is 24.3 Å². The van der Waals surface area contributed by atoms with Crippen molar-refractivity contribution in [3.05, 3.63) is 80.4 Å². The maximum absolute atomic E-state index is 14.2. The zero-order valence-electron chi connectivity index (χ0n) is 18.8. The van der Waals surface area contributed by atoms with Crippen molar-refractivity contribution in [2.75, 3.05) is 10.6 Å². The highest BCUT2D eigenvalue weighted by molar-refractivity contribution is 9.10. The number of amides is 2. The van der Waals surface area contributed by atoms with Gasteiger partial charge in [-0.1, -0.05) is 45.0 Å². The van der Waals surface area contributed by atoms with Crippen molar-refractivity contribution in [3.8, 4) is 0 Å². The highest BCUT2D eigenvalue weighted by atomic mass is 79.9. The summed E-state index contributed by atoms with van der Waals surface area (Å²) in [5.74, 6) is -0.951. The summed E-state index contributed by atoms with van der Waals surface area (Å²) in [5.41, 5.74) is 2.21. The average molecular weight is 529 g/mol. The quantitative estimate of drug-likeness (QED) is 0.373. The third-order valence-electron chi connectivity index (χ3n) is 6.18. The largest absolute Gasteiger partial charge is 0.321 e. The molecule has 4 rings (SSSR count). The van der Waals surface area contributed by atoms with E-state index in [1.54, 1.807) is 12.1 Å². The van der Waals surface area contributed by atoms with Gasteiger partial charge in [-0.2, -0.15) is 0 Å². The number of rotatable bonds is 4. The van der Waals surface area contributed by atoms with Crippen LogP contribution in [0.15, 0.2) is 53.0 Å². The van der Waals surface area contributed by atoms with Gasteiger partial charge in [-0.05, 0) is 76.4 Å². The van der Waals surface area contributed by atoms with Crippen LogP contribution in [0.25, 0.3) is 0 Å². The Hall–Kier alpha value is -2.51. The molecule has 4 nitrogen and oxygen atoms in total. The summed E-state index contributed by atoms with van der Waals surface area (Å²) in [6.45, 7) is 6.70. The molecule has 0 fully saturated rings. The molecule has 0 radical (unpaired) electrons. The van der Waals surface area contributed by atoms with Gasteiger partial charge in [-0.25, -0.2) is 4.39 Å². The van der Waals surface area contributed by atoms with E-state index in [1.165, 1.54) is 23.5 Å². The lowest BCUT2D eigenvalue weighted by atomic mass is 9.72. The molecule has 1 aliphatic carbocycles. The van der Waals surface area contributed by atoms with Crippen LogP contribution >= 0.6 is 27.3 Å². The van der Waals surface area contributed by atoms with Crippen molar-refractivity contribution >= 4 is 49.8 Å². The van der Waals surface area contributed by atoms with E-state index in [9.17, 15) is 14.0 Å². The highest BCUT2D eigenvalue weighted by Gasteiger charge is 2.34. The van der Waals surface area contributed by atoms with E-state index in [0.29, 0.717) is 22.2 Å². The number of thiophene rings is 1. The van der Waals surface area contributed by atoms with Crippen LogP contribution in [0.2, 0.25) is 0 Å². The number of benzene rings is 2. The Kier molecular flexibility index (Phi) is 6.73. The van der Waals surface area contributed by atoms with Gasteiger partial charge in [0.1, 0.15) is 10.8 Å². The van der Waals surface area contributed by atoms with Crippen molar-refractivity contribution in [2.24, 2.45) is 11.3 Å². The summed E-state index contributed by atoms with van der Waals surface area (Å²) in [6.07, 6.45) is 2.60. The van der Waals surface area contributed by atoms with Crippen molar-refractivity contribution in [1.29, 1.82) is 0 Å². The first-order chi connectivity index (χ1) is 15.6. The Morgan fingerprint density at radius 1 is 1.03 bits per heavy atom. The summed E-state index contributed by atoms with van der Waals surface area (Å²) in [6, 6.07) is 13.2. The lowest BCUT2D eigenvalue weighted by molar-refractivity contribution is 0.102. The van der Waals surface area contributed by atoms with Crippen LogP contribution in [0.3, 0.4) is 0 Å². The molecular weight excluding hydrogens is 503 g/mol. The number of hydrogen-bond donors (Lipinski definition) is 2. The van der Waals surface area contributed by atoms with Crippen LogP contribution in [0.5, 0.6) is 0 Å². The van der Waals surface area contributed by atoms with Crippen LogP contribution in [0, 0.1) is 17.2 Å². The topological polar surface area (TPSA) is 58.2 Å². The predicted molar refractivity (Wildman–Crippen MR) is 136 cm³/mol. The van der Waals surface area contributed by atoms with Gasteiger partial charge in [-0.3, -0.25) is 9.59 Å². The van der Waals surface area contributed by atoms with Crippen LogP contribution in [-0.4, -0.2) is 11.8 Å². The zero-order valence-corrected chi connectivity index (χ0v) is 21.2. The van der Waals surface area contributed by atoms with Gasteiger partial charge in [0.15, 0.2) is 0 Å². The zero-order chi connectivity index (χ0) is 23.8. The second kappa shape index (κ2) is 9.39. The van der Waals surface area contributed by atoms with Crippen molar-refractivity contribution in [3.63, 3.8) is 0 Å². The van der Waals surface area contributed by atoms with Crippen molar-refractivity contribution < 1.29 is 14.0 Å². The molecule has 7 heteroatoms. The lowest BCUT2D eigenvalue weighted by Crippen LogP contribution is -2.27. The SMILES string of the molecule is CC(C)(C)C1CCc2c(sc(NC(=O)c3ccccc3F)c2C(=O)Nc2ccccc2Br)C1. The number of halogens is 2. The second-order valence-electron chi connectivity index (χ2n) is 9.38. The van der Waals surface area contributed by atoms with E-state index < -0.39 is 11.7 Å². The van der Waals surface area contributed by atoms with Crippen molar-refractivity contribution in [2.45, 2.75) is 40.0 Å². The monoisotopic (exact) mass is 528 g/mol. The fraction of sp³-hybridized carbons (Fsp3) is 0.308. The molecule has 1 heterocycles. The van der Waals surface area contributed by atoms with Crippen molar-refractivity contribution in [1.82, 2.24) is 0 Å². The molecule has 0 aliphatic heterocycles. The standard InChI is InChI=1S/C26H26BrFN2O2S/c1-26(2,3)15-12-13-17-21(14-15)33-25(30-23(31)16-8-4-6-10-19(16)28)22(17)24(32)29-20-11-7-5-9-18(20)27/h4-11,15H,12-14H2,1-3H3,(H,29,32)(H,30,31). The van der Waals surface area contributed by atoms with Gasteiger partial charge < -0.3 is 10.6 Å². The van der Waals surface area contributed by atoms with Gasteiger partial charge in [0, 0.05) is 9.35 Å². The third-order valence-corrected chi connectivity index (χ3v) is 8.05. The lowest BCUT2D eigenvalue weighted by Gasteiger charge is -2.33. The first-order valence-corrected chi connectivity index (χ1v) is 12.5. The molecule has 1 aromatic heterocycles. The minimum Gasteiger partial charge on any atom is -0.321 e. The second-order valence-corrected chi connectivity index (χ2v) is 11.3. The van der Waals surface area contributed by atoms with Gasteiger partial charge in [-0.15, -0.1) is 11.3 Å².